The van der Waals surface area contributed by atoms with Crippen molar-refractivity contribution >= 4 is 33.2 Å². The van der Waals surface area contributed by atoms with Gasteiger partial charge in [-0.25, -0.2) is 17.2 Å². The Hall–Kier alpha value is -2.85. The van der Waals surface area contributed by atoms with Gasteiger partial charge in [-0.3, -0.25) is 9.59 Å². The fourth-order valence-corrected chi connectivity index (χ4v) is 4.52. The summed E-state index contributed by atoms with van der Waals surface area (Å²) in [6, 6.07) is 6.89. The Morgan fingerprint density at radius 3 is 2.50 bits per heavy atom. The number of anilines is 2. The van der Waals surface area contributed by atoms with Crippen molar-refractivity contribution in [1.82, 2.24) is 4.31 Å². The van der Waals surface area contributed by atoms with E-state index in [1.165, 1.54) is 24.1 Å². The topological polar surface area (TPSA) is 86.8 Å². The second kappa shape index (κ2) is 7.44. The maximum Gasteiger partial charge on any atom is 0.243 e. The summed E-state index contributed by atoms with van der Waals surface area (Å²) >= 11 is 0. The molecule has 30 heavy (non-hydrogen) atoms. The first-order chi connectivity index (χ1) is 13.9. The Morgan fingerprint density at radius 1 is 1.17 bits per heavy atom. The molecular formula is C20H21F2N3O4S. The molecule has 3 rings (SSSR count). The van der Waals surface area contributed by atoms with Gasteiger partial charge in [-0.15, -0.1) is 0 Å². The number of sulfonamides is 1. The highest BCUT2D eigenvalue weighted by Gasteiger charge is 2.43. The van der Waals surface area contributed by atoms with E-state index < -0.39 is 39.5 Å². The van der Waals surface area contributed by atoms with Crippen LogP contribution in [0.25, 0.3) is 0 Å². The van der Waals surface area contributed by atoms with Crippen LogP contribution >= 0.6 is 0 Å². The summed E-state index contributed by atoms with van der Waals surface area (Å²) in [5.41, 5.74) is -0.0891. The van der Waals surface area contributed by atoms with Crippen molar-refractivity contribution in [1.29, 1.82) is 0 Å². The number of carbonyl (C=O) groups excluding carboxylic acids is 2. The number of halogens is 2. The van der Waals surface area contributed by atoms with Gasteiger partial charge in [0.2, 0.25) is 21.8 Å². The fraction of sp³-hybridized carbons (Fsp3) is 0.300. The molecule has 1 aliphatic heterocycles. The number of nitrogens with one attached hydrogen (secondary N) is 1. The molecule has 0 unspecified atom stereocenters. The number of carbonyl (C=O) groups is 2. The van der Waals surface area contributed by atoms with Crippen LogP contribution in [0.3, 0.4) is 0 Å². The summed E-state index contributed by atoms with van der Waals surface area (Å²) in [4.78, 5) is 26.0. The summed E-state index contributed by atoms with van der Waals surface area (Å²) in [5, 5.41) is 2.16. The first-order valence-electron chi connectivity index (χ1n) is 8.99. The van der Waals surface area contributed by atoms with E-state index >= 15 is 0 Å². The van der Waals surface area contributed by atoms with E-state index in [0.29, 0.717) is 11.3 Å². The molecule has 7 nitrogen and oxygen atoms in total. The van der Waals surface area contributed by atoms with Gasteiger partial charge < -0.3 is 10.2 Å². The molecule has 1 aliphatic rings. The maximum atomic E-state index is 13.7. The van der Waals surface area contributed by atoms with Crippen LogP contribution in [0.15, 0.2) is 41.3 Å². The van der Waals surface area contributed by atoms with E-state index in [0.717, 1.165) is 22.5 Å². The normalized spacial score (nSPS) is 15.4. The molecule has 0 saturated heterocycles. The third-order valence-electron chi connectivity index (χ3n) is 5.12. The van der Waals surface area contributed by atoms with E-state index in [1.54, 1.807) is 27.0 Å². The molecule has 0 aliphatic carbocycles. The molecule has 0 atom stereocenters. The molecule has 0 bridgehead atoms. The van der Waals surface area contributed by atoms with Gasteiger partial charge in [0, 0.05) is 25.8 Å². The number of likely N-dealkylation sites (N-methyl/N-ethyl adjacent to an activating group) is 2. The lowest BCUT2D eigenvalue weighted by Gasteiger charge is -2.19. The zero-order valence-corrected chi connectivity index (χ0v) is 17.7. The van der Waals surface area contributed by atoms with Gasteiger partial charge in [-0.1, -0.05) is 0 Å². The number of fused-ring (bicyclic) bond motifs is 1. The van der Waals surface area contributed by atoms with Crippen molar-refractivity contribution in [2.24, 2.45) is 0 Å². The quantitative estimate of drug-likeness (QED) is 0.779. The predicted octanol–water partition coefficient (Wildman–Crippen LogP) is 2.48. The molecule has 2 aromatic rings. The van der Waals surface area contributed by atoms with E-state index in [4.69, 9.17) is 0 Å². The average molecular weight is 437 g/mol. The lowest BCUT2D eigenvalue weighted by atomic mass is 9.86. The highest BCUT2D eigenvalue weighted by Crippen LogP contribution is 2.41. The lowest BCUT2D eigenvalue weighted by Crippen LogP contribution is -2.35. The molecule has 160 valence electrons. The molecule has 0 spiro atoms. The molecule has 2 aromatic carbocycles. The summed E-state index contributed by atoms with van der Waals surface area (Å²) in [7, 11) is -1.26. The molecule has 10 heteroatoms. The van der Waals surface area contributed by atoms with Crippen molar-refractivity contribution in [3.05, 3.63) is 53.6 Å². The third-order valence-corrected chi connectivity index (χ3v) is 6.92. The number of nitrogens with zero attached hydrogens (tertiary/aromatic N) is 2. The van der Waals surface area contributed by atoms with Gasteiger partial charge in [0.25, 0.3) is 0 Å². The minimum atomic E-state index is -4.08. The second-order valence-electron chi connectivity index (χ2n) is 7.60. The Balaban J connectivity index is 1.82. The van der Waals surface area contributed by atoms with Crippen LogP contribution in [0.4, 0.5) is 20.2 Å². The first-order valence-corrected chi connectivity index (χ1v) is 10.4. The molecular weight excluding hydrogens is 416 g/mol. The molecule has 0 fully saturated rings. The Morgan fingerprint density at radius 2 is 1.83 bits per heavy atom. The summed E-state index contributed by atoms with van der Waals surface area (Å²) in [6.07, 6.45) is 0. The predicted molar refractivity (Wildman–Crippen MR) is 108 cm³/mol. The van der Waals surface area contributed by atoms with Crippen molar-refractivity contribution in [3.8, 4) is 0 Å². The lowest BCUT2D eigenvalue weighted by molar-refractivity contribution is -0.121. The molecule has 0 radical (unpaired) electrons. The van der Waals surface area contributed by atoms with E-state index in [9.17, 15) is 26.8 Å². The maximum absolute atomic E-state index is 13.7. The molecule has 1 N–H and O–H groups in total. The van der Waals surface area contributed by atoms with Crippen LogP contribution < -0.4 is 10.2 Å². The van der Waals surface area contributed by atoms with Crippen LogP contribution in [-0.2, 0) is 25.0 Å². The van der Waals surface area contributed by atoms with Crippen LogP contribution in [0.5, 0.6) is 0 Å². The van der Waals surface area contributed by atoms with Gasteiger partial charge >= 0.3 is 0 Å². The van der Waals surface area contributed by atoms with Crippen molar-refractivity contribution < 1.29 is 26.8 Å². The molecule has 1 heterocycles. The van der Waals surface area contributed by atoms with Crippen molar-refractivity contribution in [3.63, 3.8) is 0 Å². The van der Waals surface area contributed by atoms with Crippen LogP contribution in [0.2, 0.25) is 0 Å². The minimum absolute atomic E-state index is 0.0790. The number of hydrogen-bond acceptors (Lipinski definition) is 4. The van der Waals surface area contributed by atoms with Crippen LogP contribution in [-0.4, -0.2) is 45.2 Å². The van der Waals surface area contributed by atoms with Crippen LogP contribution in [0, 0.1) is 11.6 Å². The van der Waals surface area contributed by atoms with E-state index in [2.05, 4.69) is 5.32 Å². The number of rotatable bonds is 5. The summed E-state index contributed by atoms with van der Waals surface area (Å²) < 4.78 is 53.6. The molecule has 0 aromatic heterocycles. The van der Waals surface area contributed by atoms with Crippen molar-refractivity contribution in [2.75, 3.05) is 30.9 Å². The molecule has 0 saturated carbocycles. The summed E-state index contributed by atoms with van der Waals surface area (Å²) in [5.74, 6) is -2.57. The minimum Gasteiger partial charge on any atom is -0.322 e. The van der Waals surface area contributed by atoms with Gasteiger partial charge in [0.05, 0.1) is 22.5 Å². The second-order valence-corrected chi connectivity index (χ2v) is 9.65. The Kier molecular flexibility index (Phi) is 5.42. The van der Waals surface area contributed by atoms with Gasteiger partial charge in [-0.2, -0.15) is 4.31 Å². The Labute approximate surface area is 173 Å². The standard InChI is InChI=1S/C20H21F2N3O4S/c1-20(2)14-10-13(6-8-17(14)25(4)19(20)27)30(28,29)24(3)11-18(26)23-16-9-12(21)5-7-15(16)22/h5-10H,11H2,1-4H3,(H,23,26). The third kappa shape index (κ3) is 3.68. The van der Waals surface area contributed by atoms with Gasteiger partial charge in [-0.05, 0) is 49.7 Å². The average Bonchev–Trinajstić information content (AvgIpc) is 2.84. The highest BCUT2D eigenvalue weighted by atomic mass is 32.2. The number of benzene rings is 2. The smallest absolute Gasteiger partial charge is 0.243 e. The SMILES string of the molecule is CN1C(=O)C(C)(C)c2cc(S(=O)(=O)N(C)CC(=O)Nc3cc(F)ccc3F)ccc21. The number of amides is 2. The van der Waals surface area contributed by atoms with Gasteiger partial charge in [0.15, 0.2) is 0 Å². The highest BCUT2D eigenvalue weighted by molar-refractivity contribution is 7.89. The zero-order valence-electron chi connectivity index (χ0n) is 16.9. The molecule has 2 amide bonds. The Bertz CT molecular complexity index is 1150. The largest absolute Gasteiger partial charge is 0.322 e. The zero-order chi connectivity index (χ0) is 22.4. The monoisotopic (exact) mass is 437 g/mol. The van der Waals surface area contributed by atoms with Crippen LogP contribution in [0.1, 0.15) is 19.4 Å². The van der Waals surface area contributed by atoms with E-state index in [-0.39, 0.29) is 16.5 Å². The van der Waals surface area contributed by atoms with E-state index in [1.807, 2.05) is 0 Å². The van der Waals surface area contributed by atoms with Crippen molar-refractivity contribution in [2.45, 2.75) is 24.2 Å². The summed E-state index contributed by atoms with van der Waals surface area (Å²) in [6.45, 7) is 2.80. The van der Waals surface area contributed by atoms with Gasteiger partial charge in [0.1, 0.15) is 11.6 Å². The fourth-order valence-electron chi connectivity index (χ4n) is 3.36. The number of hydrogen-bond donors (Lipinski definition) is 1. The first kappa shape index (κ1) is 21.8.